The minimum atomic E-state index is -0.734. The van der Waals surface area contributed by atoms with E-state index in [4.69, 9.17) is 24.1 Å². The number of fused-ring (bicyclic) bond motifs is 3. The summed E-state index contributed by atoms with van der Waals surface area (Å²) < 4.78 is 22.5. The molecule has 11 heteroatoms. The SMILES string of the molecule is CCC(C)C(Nc1ccc2c(cc1=O)C(NC(C)=O)CCc1cc(OC)c(OC)c(OC)c1-2)C(=O)Nc1ccc(OCCO)cc1. The van der Waals surface area contributed by atoms with E-state index in [1.54, 1.807) is 44.6 Å². The van der Waals surface area contributed by atoms with E-state index in [9.17, 15) is 14.4 Å². The van der Waals surface area contributed by atoms with Crippen LogP contribution in [0.1, 0.15) is 50.8 Å². The molecule has 4 N–H and O–H groups in total. The monoisotopic (exact) mass is 633 g/mol. The van der Waals surface area contributed by atoms with Crippen molar-refractivity contribution in [2.24, 2.45) is 5.92 Å². The summed E-state index contributed by atoms with van der Waals surface area (Å²) in [5.74, 6) is 1.32. The Balaban J connectivity index is 1.78. The Kier molecular flexibility index (Phi) is 11.5. The van der Waals surface area contributed by atoms with Gasteiger partial charge in [-0.25, -0.2) is 0 Å². The van der Waals surface area contributed by atoms with Crippen LogP contribution in [-0.4, -0.2) is 57.5 Å². The van der Waals surface area contributed by atoms with Crippen LogP contribution in [0.25, 0.3) is 11.1 Å². The van der Waals surface area contributed by atoms with Crippen molar-refractivity contribution >= 4 is 23.2 Å². The number of amides is 2. The van der Waals surface area contributed by atoms with Gasteiger partial charge in [-0.05, 0) is 77.9 Å². The molecule has 246 valence electrons. The van der Waals surface area contributed by atoms with Gasteiger partial charge in [-0.15, -0.1) is 0 Å². The molecule has 0 heterocycles. The first-order chi connectivity index (χ1) is 22.1. The van der Waals surface area contributed by atoms with Crippen LogP contribution < -0.4 is 40.3 Å². The molecular formula is C35H43N3O8. The van der Waals surface area contributed by atoms with Crippen molar-refractivity contribution < 1.29 is 33.6 Å². The van der Waals surface area contributed by atoms with Crippen LogP contribution in [0, 0.1) is 5.92 Å². The van der Waals surface area contributed by atoms with Crippen LogP contribution in [0.2, 0.25) is 0 Å². The van der Waals surface area contributed by atoms with E-state index in [1.165, 1.54) is 20.1 Å². The number of aliphatic hydroxyl groups excluding tert-OH is 1. The molecule has 0 saturated carbocycles. The molecule has 1 aliphatic rings. The number of carbonyl (C=O) groups excluding carboxylic acids is 2. The molecule has 1 aliphatic carbocycles. The van der Waals surface area contributed by atoms with Gasteiger partial charge < -0.3 is 40.0 Å². The summed E-state index contributed by atoms with van der Waals surface area (Å²) in [6, 6.07) is 12.6. The third-order valence-electron chi connectivity index (χ3n) is 8.20. The topological polar surface area (TPSA) is 144 Å². The molecule has 11 nitrogen and oxygen atoms in total. The fraction of sp³-hybridized carbons (Fsp3) is 0.400. The fourth-order valence-electron chi connectivity index (χ4n) is 5.71. The lowest BCUT2D eigenvalue weighted by atomic mass is 9.95. The van der Waals surface area contributed by atoms with Crippen molar-refractivity contribution in [1.29, 1.82) is 0 Å². The van der Waals surface area contributed by atoms with Crippen molar-refractivity contribution in [3.8, 4) is 34.1 Å². The maximum Gasteiger partial charge on any atom is 0.247 e. The van der Waals surface area contributed by atoms with Crippen LogP contribution in [-0.2, 0) is 16.0 Å². The number of methoxy groups -OCH3 is 3. The number of anilines is 2. The number of aliphatic hydroxyl groups is 1. The summed E-state index contributed by atoms with van der Waals surface area (Å²) in [6.45, 7) is 5.45. The van der Waals surface area contributed by atoms with E-state index in [0.29, 0.717) is 59.1 Å². The highest BCUT2D eigenvalue weighted by molar-refractivity contribution is 5.97. The molecular weight excluding hydrogens is 590 g/mol. The van der Waals surface area contributed by atoms with Crippen molar-refractivity contribution in [2.75, 3.05) is 45.2 Å². The van der Waals surface area contributed by atoms with Gasteiger partial charge in [-0.3, -0.25) is 14.4 Å². The molecule has 3 aromatic carbocycles. The molecule has 2 amide bonds. The fourth-order valence-corrected chi connectivity index (χ4v) is 5.71. The first-order valence-electron chi connectivity index (χ1n) is 15.3. The Hall–Kier alpha value is -4.77. The minimum absolute atomic E-state index is 0.0976. The van der Waals surface area contributed by atoms with Crippen molar-refractivity contribution in [3.63, 3.8) is 0 Å². The standard InChI is InChI=1S/C35H43N3O8/c1-7-20(2)32(35(42)37-23-9-11-24(12-10-23)46-17-16-39)38-28-15-13-25-26(19-29(28)41)27(36-21(3)40)14-8-22-18-30(43-4)33(44-5)34(45-6)31(22)25/h9-13,15,18-20,27,32,39H,7-8,14,16-17H2,1-6H3,(H,36,40)(H,37,42)(H,38,41). The minimum Gasteiger partial charge on any atom is -0.493 e. The number of aryl methyl sites for hydroxylation is 1. The van der Waals surface area contributed by atoms with Gasteiger partial charge in [0, 0.05) is 18.2 Å². The van der Waals surface area contributed by atoms with E-state index >= 15 is 0 Å². The highest BCUT2D eigenvalue weighted by Crippen LogP contribution is 2.50. The normalized spacial score (nSPS) is 14.8. The van der Waals surface area contributed by atoms with Crippen LogP contribution in [0.5, 0.6) is 23.0 Å². The molecule has 3 unspecified atom stereocenters. The van der Waals surface area contributed by atoms with Gasteiger partial charge in [0.2, 0.25) is 23.0 Å². The number of hydrogen-bond donors (Lipinski definition) is 4. The van der Waals surface area contributed by atoms with Gasteiger partial charge in [0.25, 0.3) is 0 Å². The predicted octanol–water partition coefficient (Wildman–Crippen LogP) is 4.70. The summed E-state index contributed by atoms with van der Waals surface area (Å²) in [6.07, 6.45) is 1.80. The van der Waals surface area contributed by atoms with Gasteiger partial charge in [-0.2, -0.15) is 0 Å². The van der Waals surface area contributed by atoms with E-state index in [-0.39, 0.29) is 42.1 Å². The first kappa shape index (κ1) is 34.1. The second-order valence-electron chi connectivity index (χ2n) is 11.2. The summed E-state index contributed by atoms with van der Waals surface area (Å²) in [4.78, 5) is 39.7. The smallest absolute Gasteiger partial charge is 0.247 e. The van der Waals surface area contributed by atoms with E-state index < -0.39 is 12.1 Å². The average molecular weight is 634 g/mol. The molecule has 0 aliphatic heterocycles. The molecule has 0 bridgehead atoms. The predicted molar refractivity (Wildman–Crippen MR) is 177 cm³/mol. The lowest BCUT2D eigenvalue weighted by molar-refractivity contribution is -0.120. The molecule has 4 rings (SSSR count). The molecule has 0 aromatic heterocycles. The van der Waals surface area contributed by atoms with Gasteiger partial charge in [0.1, 0.15) is 18.4 Å². The number of hydrogen-bond acceptors (Lipinski definition) is 9. The van der Waals surface area contributed by atoms with Gasteiger partial charge in [0.15, 0.2) is 11.5 Å². The Labute approximate surface area is 269 Å². The number of rotatable bonds is 13. The lowest BCUT2D eigenvalue weighted by Gasteiger charge is -2.24. The van der Waals surface area contributed by atoms with Crippen LogP contribution in [0.4, 0.5) is 11.4 Å². The second-order valence-corrected chi connectivity index (χ2v) is 11.2. The number of benzene rings is 2. The lowest BCUT2D eigenvalue weighted by Crippen LogP contribution is -2.40. The molecule has 46 heavy (non-hydrogen) atoms. The van der Waals surface area contributed by atoms with E-state index in [0.717, 1.165) is 11.1 Å². The zero-order valence-corrected chi connectivity index (χ0v) is 27.2. The Morgan fingerprint density at radius 3 is 2.33 bits per heavy atom. The Morgan fingerprint density at radius 1 is 1.00 bits per heavy atom. The third kappa shape index (κ3) is 7.54. The second kappa shape index (κ2) is 15.5. The maximum absolute atomic E-state index is 13.9. The summed E-state index contributed by atoms with van der Waals surface area (Å²) in [7, 11) is 4.64. The number of ether oxygens (including phenoxy) is 4. The molecule has 0 spiro atoms. The van der Waals surface area contributed by atoms with E-state index in [1.807, 2.05) is 26.0 Å². The van der Waals surface area contributed by atoms with Gasteiger partial charge >= 0.3 is 0 Å². The highest BCUT2D eigenvalue weighted by atomic mass is 16.5. The Morgan fingerprint density at radius 2 is 1.72 bits per heavy atom. The quantitative estimate of drug-likeness (QED) is 0.211. The van der Waals surface area contributed by atoms with Gasteiger partial charge in [-0.1, -0.05) is 26.3 Å². The summed E-state index contributed by atoms with van der Waals surface area (Å²) in [5.41, 5.74) is 3.46. The van der Waals surface area contributed by atoms with E-state index in [2.05, 4.69) is 16.0 Å². The molecule has 3 atom stereocenters. The van der Waals surface area contributed by atoms with Crippen molar-refractivity contribution in [1.82, 2.24) is 5.32 Å². The number of nitrogens with one attached hydrogen (secondary N) is 3. The molecule has 0 fully saturated rings. The van der Waals surface area contributed by atoms with Crippen molar-refractivity contribution in [2.45, 2.75) is 52.1 Å². The van der Waals surface area contributed by atoms with Crippen LogP contribution in [0.3, 0.4) is 0 Å². The average Bonchev–Trinajstić information content (AvgIpc) is 3.29. The zero-order valence-electron chi connectivity index (χ0n) is 27.2. The Bertz CT molecular complexity index is 1610. The first-order valence-corrected chi connectivity index (χ1v) is 15.3. The summed E-state index contributed by atoms with van der Waals surface area (Å²) in [5, 5.41) is 18.1. The van der Waals surface area contributed by atoms with Crippen LogP contribution >= 0.6 is 0 Å². The summed E-state index contributed by atoms with van der Waals surface area (Å²) >= 11 is 0. The van der Waals surface area contributed by atoms with Crippen molar-refractivity contribution in [3.05, 3.63) is 69.9 Å². The third-order valence-corrected chi connectivity index (χ3v) is 8.20. The number of carbonyl (C=O) groups is 2. The molecule has 3 aromatic rings. The maximum atomic E-state index is 13.9. The molecule has 0 radical (unpaired) electrons. The van der Waals surface area contributed by atoms with Crippen LogP contribution in [0.15, 0.2) is 53.3 Å². The highest BCUT2D eigenvalue weighted by Gasteiger charge is 2.30. The zero-order chi connectivity index (χ0) is 33.4. The largest absolute Gasteiger partial charge is 0.493 e. The van der Waals surface area contributed by atoms with Gasteiger partial charge in [0.05, 0.1) is 39.7 Å². The molecule has 0 saturated heterocycles.